The Morgan fingerprint density at radius 3 is 2.41 bits per heavy atom. The number of carbonyl (C=O) groups excluding carboxylic acids is 2. The molecule has 2 N–H and O–H groups in total. The minimum absolute atomic E-state index is 0. The van der Waals surface area contributed by atoms with E-state index < -0.39 is 0 Å². The van der Waals surface area contributed by atoms with E-state index in [0.29, 0.717) is 13.0 Å². The number of nitrogens with zero attached hydrogens (tertiary/aromatic N) is 2. The third kappa shape index (κ3) is 4.30. The molecule has 2 saturated heterocycles. The molecule has 3 atom stereocenters. The summed E-state index contributed by atoms with van der Waals surface area (Å²) in [7, 11) is 0. The molecule has 3 unspecified atom stereocenters. The Morgan fingerprint density at radius 2 is 1.81 bits per heavy atom. The van der Waals surface area contributed by atoms with Gasteiger partial charge in [0, 0.05) is 37.3 Å². The number of likely N-dealkylation sites (tertiary alicyclic amines) is 1. The Balaban J connectivity index is 0.00000261. The highest BCUT2D eigenvalue weighted by molar-refractivity contribution is 6.01. The highest BCUT2D eigenvalue weighted by Crippen LogP contribution is 2.33. The van der Waals surface area contributed by atoms with E-state index in [1.807, 2.05) is 30.6 Å². The van der Waals surface area contributed by atoms with Crippen LogP contribution in [-0.4, -0.2) is 41.9 Å². The molecule has 2 heterocycles. The number of nitrogens with two attached hydrogens (primary N) is 1. The fourth-order valence-corrected chi connectivity index (χ4v) is 4.70. The van der Waals surface area contributed by atoms with E-state index in [1.54, 1.807) is 0 Å². The van der Waals surface area contributed by atoms with Gasteiger partial charge in [-0.3, -0.25) is 9.59 Å². The summed E-state index contributed by atoms with van der Waals surface area (Å²) in [6.45, 7) is 9.35. The van der Waals surface area contributed by atoms with E-state index >= 15 is 0 Å². The van der Waals surface area contributed by atoms with Gasteiger partial charge in [0.2, 0.25) is 11.8 Å². The Bertz CT molecular complexity index is 696. The normalized spacial score (nSPS) is 24.0. The van der Waals surface area contributed by atoms with Crippen LogP contribution in [0.5, 0.6) is 0 Å². The minimum Gasteiger partial charge on any atom is -0.338 e. The number of rotatable bonds is 3. The summed E-state index contributed by atoms with van der Waals surface area (Å²) in [6.07, 6.45) is 3.40. The van der Waals surface area contributed by atoms with Crippen LogP contribution in [0, 0.1) is 26.7 Å². The standard InChI is InChI=1S/C21H31N3O2.ClH/c1-13-9-14(2)20(15(3)10-13)24-12-17(11-19(24)25)21(26)23-8-6-5-7-18(23)16(4)22;/h9-10,16-18H,5-8,11-12,22H2,1-4H3;1H. The average Bonchev–Trinajstić information content (AvgIpc) is 2.95. The topological polar surface area (TPSA) is 66.6 Å². The number of benzene rings is 1. The van der Waals surface area contributed by atoms with Crippen LogP contribution in [0.25, 0.3) is 0 Å². The number of amides is 2. The summed E-state index contributed by atoms with van der Waals surface area (Å²) in [6, 6.07) is 4.26. The second-order valence-corrected chi connectivity index (χ2v) is 8.11. The first-order valence-electron chi connectivity index (χ1n) is 9.74. The number of halogens is 1. The van der Waals surface area contributed by atoms with E-state index in [2.05, 4.69) is 19.1 Å². The van der Waals surface area contributed by atoms with E-state index in [1.165, 1.54) is 5.56 Å². The molecule has 27 heavy (non-hydrogen) atoms. The Hall–Kier alpha value is -1.59. The quantitative estimate of drug-likeness (QED) is 0.857. The zero-order valence-electron chi connectivity index (χ0n) is 16.8. The number of aryl methyl sites for hydroxylation is 3. The first kappa shape index (κ1) is 21.7. The van der Waals surface area contributed by atoms with Gasteiger partial charge in [-0.25, -0.2) is 0 Å². The largest absolute Gasteiger partial charge is 0.338 e. The first-order valence-corrected chi connectivity index (χ1v) is 9.74. The summed E-state index contributed by atoms with van der Waals surface area (Å²) in [4.78, 5) is 29.6. The molecule has 3 rings (SSSR count). The molecule has 2 aliphatic rings. The van der Waals surface area contributed by atoms with Crippen LogP contribution in [0.3, 0.4) is 0 Å². The molecule has 0 aromatic heterocycles. The molecule has 5 nitrogen and oxygen atoms in total. The molecule has 2 amide bonds. The van der Waals surface area contributed by atoms with E-state index in [9.17, 15) is 9.59 Å². The number of anilines is 1. The molecule has 0 saturated carbocycles. The molecule has 0 bridgehead atoms. The van der Waals surface area contributed by atoms with Gasteiger partial charge in [-0.2, -0.15) is 0 Å². The summed E-state index contributed by atoms with van der Waals surface area (Å²) in [5, 5.41) is 0. The third-order valence-corrected chi connectivity index (χ3v) is 5.82. The summed E-state index contributed by atoms with van der Waals surface area (Å²) in [5.41, 5.74) is 10.5. The van der Waals surface area contributed by atoms with Crippen molar-refractivity contribution in [3.05, 3.63) is 28.8 Å². The van der Waals surface area contributed by atoms with Crippen molar-refractivity contribution in [1.82, 2.24) is 4.90 Å². The molecule has 1 aromatic rings. The lowest BCUT2D eigenvalue weighted by molar-refractivity contribution is -0.139. The molecular weight excluding hydrogens is 362 g/mol. The van der Waals surface area contributed by atoms with E-state index in [0.717, 1.165) is 42.6 Å². The van der Waals surface area contributed by atoms with Crippen molar-refractivity contribution in [3.63, 3.8) is 0 Å². The minimum atomic E-state index is -0.262. The van der Waals surface area contributed by atoms with Gasteiger partial charge in [0.25, 0.3) is 0 Å². The van der Waals surface area contributed by atoms with Crippen LogP contribution >= 0.6 is 12.4 Å². The number of hydrogen-bond donors (Lipinski definition) is 1. The van der Waals surface area contributed by atoms with Gasteiger partial charge < -0.3 is 15.5 Å². The van der Waals surface area contributed by atoms with Gasteiger partial charge in [-0.1, -0.05) is 17.7 Å². The fourth-order valence-electron chi connectivity index (χ4n) is 4.70. The molecule has 2 fully saturated rings. The van der Waals surface area contributed by atoms with E-state index in [4.69, 9.17) is 5.73 Å². The van der Waals surface area contributed by atoms with Crippen LogP contribution < -0.4 is 10.6 Å². The molecule has 6 heteroatoms. The van der Waals surface area contributed by atoms with E-state index in [-0.39, 0.29) is 42.2 Å². The summed E-state index contributed by atoms with van der Waals surface area (Å²) in [5.74, 6) is -0.111. The zero-order valence-corrected chi connectivity index (χ0v) is 17.6. The number of hydrogen-bond acceptors (Lipinski definition) is 3. The maximum absolute atomic E-state index is 13.2. The molecule has 0 spiro atoms. The van der Waals surface area contributed by atoms with Crippen LogP contribution in [0.2, 0.25) is 0 Å². The second-order valence-electron chi connectivity index (χ2n) is 8.11. The predicted molar refractivity (Wildman–Crippen MR) is 111 cm³/mol. The molecular formula is C21H32ClN3O2. The van der Waals surface area contributed by atoms with Gasteiger partial charge in [0.15, 0.2) is 0 Å². The van der Waals surface area contributed by atoms with Gasteiger partial charge in [0.1, 0.15) is 0 Å². The van der Waals surface area contributed by atoms with Crippen LogP contribution in [-0.2, 0) is 9.59 Å². The Labute approximate surface area is 168 Å². The molecule has 1 aromatic carbocycles. The SMILES string of the molecule is Cc1cc(C)c(N2CC(C(=O)N3CCCCC3C(C)N)CC2=O)c(C)c1.Cl. The first-order chi connectivity index (χ1) is 12.3. The van der Waals surface area contributed by atoms with Crippen LogP contribution in [0.4, 0.5) is 5.69 Å². The molecule has 2 aliphatic heterocycles. The molecule has 0 aliphatic carbocycles. The lowest BCUT2D eigenvalue weighted by Gasteiger charge is -2.39. The van der Waals surface area contributed by atoms with Gasteiger partial charge in [0.05, 0.1) is 5.92 Å². The number of carbonyl (C=O) groups is 2. The maximum atomic E-state index is 13.2. The van der Waals surface area contributed by atoms with Crippen molar-refractivity contribution in [1.29, 1.82) is 0 Å². The van der Waals surface area contributed by atoms with Gasteiger partial charge in [-0.15, -0.1) is 12.4 Å². The van der Waals surface area contributed by atoms with Crippen molar-refractivity contribution in [2.24, 2.45) is 11.7 Å². The monoisotopic (exact) mass is 393 g/mol. The Morgan fingerprint density at radius 1 is 1.19 bits per heavy atom. The fraction of sp³-hybridized carbons (Fsp3) is 0.619. The zero-order chi connectivity index (χ0) is 19.0. The number of piperidine rings is 1. The Kier molecular flexibility index (Phi) is 6.92. The summed E-state index contributed by atoms with van der Waals surface area (Å²) >= 11 is 0. The van der Waals surface area contributed by atoms with Crippen LogP contribution in [0.1, 0.15) is 49.3 Å². The molecule has 0 radical (unpaired) electrons. The van der Waals surface area contributed by atoms with Crippen molar-refractivity contribution in [2.45, 2.75) is 65.5 Å². The van der Waals surface area contributed by atoms with Crippen molar-refractivity contribution in [3.8, 4) is 0 Å². The third-order valence-electron chi connectivity index (χ3n) is 5.82. The summed E-state index contributed by atoms with van der Waals surface area (Å²) < 4.78 is 0. The maximum Gasteiger partial charge on any atom is 0.228 e. The highest BCUT2D eigenvalue weighted by Gasteiger charge is 2.40. The predicted octanol–water partition coefficient (Wildman–Crippen LogP) is 3.11. The molecule has 150 valence electrons. The lowest BCUT2D eigenvalue weighted by atomic mass is 9.94. The smallest absolute Gasteiger partial charge is 0.228 e. The van der Waals surface area contributed by atoms with Crippen molar-refractivity contribution < 1.29 is 9.59 Å². The van der Waals surface area contributed by atoms with Crippen LogP contribution in [0.15, 0.2) is 12.1 Å². The highest BCUT2D eigenvalue weighted by atomic mass is 35.5. The lowest BCUT2D eigenvalue weighted by Crippen LogP contribution is -2.53. The van der Waals surface area contributed by atoms with Crippen molar-refractivity contribution >= 4 is 29.9 Å². The van der Waals surface area contributed by atoms with Gasteiger partial charge >= 0.3 is 0 Å². The average molecular weight is 394 g/mol. The second kappa shape index (κ2) is 8.61. The van der Waals surface area contributed by atoms with Gasteiger partial charge in [-0.05, 0) is 58.1 Å². The van der Waals surface area contributed by atoms with Crippen molar-refractivity contribution in [2.75, 3.05) is 18.0 Å².